The Balaban J connectivity index is 2.32. The summed E-state index contributed by atoms with van der Waals surface area (Å²) in [6.45, 7) is 3.38. The van der Waals surface area contributed by atoms with E-state index in [-0.39, 0.29) is 11.7 Å². The van der Waals surface area contributed by atoms with Gasteiger partial charge >= 0.3 is 5.97 Å². The summed E-state index contributed by atoms with van der Waals surface area (Å²) in [5.74, 6) is -0.797. The Hall–Kier alpha value is -1.27. The zero-order valence-corrected chi connectivity index (χ0v) is 10.9. The summed E-state index contributed by atoms with van der Waals surface area (Å²) in [7, 11) is 0. The number of hydrogen-bond acceptors (Lipinski definition) is 5. The number of hydrogen-bond donors (Lipinski definition) is 3. The predicted octanol–water partition coefficient (Wildman–Crippen LogP) is 1.35. The molecular formula is C12H15NO4S. The molecule has 98 valence electrons. The van der Waals surface area contributed by atoms with Crippen molar-refractivity contribution in [3.8, 4) is 0 Å². The first kappa shape index (κ1) is 13.2. The van der Waals surface area contributed by atoms with Gasteiger partial charge in [0.25, 0.3) is 0 Å². The number of aliphatic imine (C=N–C) groups is 1. The van der Waals surface area contributed by atoms with Crippen molar-refractivity contribution in [3.05, 3.63) is 23.5 Å². The number of aliphatic carboxylic acids is 1. The molecular weight excluding hydrogens is 254 g/mol. The van der Waals surface area contributed by atoms with Gasteiger partial charge in [-0.15, -0.1) is 11.8 Å². The van der Waals surface area contributed by atoms with Crippen molar-refractivity contribution in [2.75, 3.05) is 5.75 Å². The van der Waals surface area contributed by atoms with Crippen LogP contribution in [0.3, 0.4) is 0 Å². The summed E-state index contributed by atoms with van der Waals surface area (Å²) in [6, 6.07) is 0. The maximum absolute atomic E-state index is 11.1. The zero-order valence-electron chi connectivity index (χ0n) is 10.1. The summed E-state index contributed by atoms with van der Waals surface area (Å²) in [5, 5.41) is 29.0. The van der Waals surface area contributed by atoms with Gasteiger partial charge in [0.05, 0.1) is 6.10 Å². The molecule has 0 spiro atoms. The van der Waals surface area contributed by atoms with Crippen molar-refractivity contribution in [2.24, 2.45) is 10.9 Å². The third-order valence-corrected chi connectivity index (χ3v) is 4.39. The van der Waals surface area contributed by atoms with Gasteiger partial charge in [0.2, 0.25) is 0 Å². The van der Waals surface area contributed by atoms with Crippen LogP contribution >= 0.6 is 11.8 Å². The monoisotopic (exact) mass is 269 g/mol. The van der Waals surface area contributed by atoms with E-state index >= 15 is 0 Å². The molecule has 0 radical (unpaired) electrons. The molecule has 3 atom stereocenters. The van der Waals surface area contributed by atoms with Gasteiger partial charge in [-0.3, -0.25) is 4.99 Å². The van der Waals surface area contributed by atoms with E-state index < -0.39 is 17.6 Å². The summed E-state index contributed by atoms with van der Waals surface area (Å²) >= 11 is 1.31. The van der Waals surface area contributed by atoms with Crippen LogP contribution in [0, 0.1) is 5.92 Å². The minimum Gasteiger partial charge on any atom is -0.507 e. The van der Waals surface area contributed by atoms with Crippen molar-refractivity contribution < 1.29 is 20.1 Å². The molecule has 0 saturated carbocycles. The smallest absolute Gasteiger partial charge is 0.332 e. The van der Waals surface area contributed by atoms with Crippen molar-refractivity contribution >= 4 is 22.8 Å². The number of carboxylic acid groups (broad SMARTS) is 1. The van der Waals surface area contributed by atoms with E-state index in [1.165, 1.54) is 17.8 Å². The number of carbonyl (C=O) groups is 1. The van der Waals surface area contributed by atoms with Crippen molar-refractivity contribution in [2.45, 2.75) is 25.5 Å². The van der Waals surface area contributed by atoms with Gasteiger partial charge in [-0.1, -0.05) is 13.0 Å². The first-order valence-corrected chi connectivity index (χ1v) is 6.59. The van der Waals surface area contributed by atoms with Gasteiger partial charge in [-0.05, 0) is 13.0 Å². The van der Waals surface area contributed by atoms with Crippen LogP contribution in [0.2, 0.25) is 0 Å². The summed E-state index contributed by atoms with van der Waals surface area (Å²) in [4.78, 5) is 15.3. The Bertz CT molecular complexity index is 482. The van der Waals surface area contributed by atoms with Crippen LogP contribution < -0.4 is 0 Å². The highest BCUT2D eigenvalue weighted by Crippen LogP contribution is 2.35. The molecule has 1 heterocycles. The SMILES string of the molecule is CC1C=C(C2=N[C@@](C)(C(=O)O)CS2)C(O)=CC1O. The lowest BCUT2D eigenvalue weighted by molar-refractivity contribution is -0.141. The van der Waals surface area contributed by atoms with Crippen LogP contribution in [0.1, 0.15) is 13.8 Å². The molecule has 0 aromatic heterocycles. The largest absolute Gasteiger partial charge is 0.507 e. The van der Waals surface area contributed by atoms with E-state index in [9.17, 15) is 15.0 Å². The Morgan fingerprint density at radius 2 is 2.22 bits per heavy atom. The molecule has 2 rings (SSSR count). The van der Waals surface area contributed by atoms with Gasteiger partial charge in [0, 0.05) is 17.2 Å². The molecule has 1 aliphatic heterocycles. The van der Waals surface area contributed by atoms with Gasteiger partial charge in [0.15, 0.2) is 5.54 Å². The van der Waals surface area contributed by atoms with Crippen LogP contribution in [0.4, 0.5) is 0 Å². The average molecular weight is 269 g/mol. The van der Waals surface area contributed by atoms with Crippen LogP contribution in [-0.4, -0.2) is 43.7 Å². The number of aliphatic hydroxyl groups excluding tert-OH is 2. The minimum absolute atomic E-state index is 0.0403. The van der Waals surface area contributed by atoms with Crippen molar-refractivity contribution in [1.29, 1.82) is 0 Å². The molecule has 2 aliphatic rings. The van der Waals surface area contributed by atoms with Gasteiger partial charge in [0.1, 0.15) is 10.8 Å². The fourth-order valence-corrected chi connectivity index (χ4v) is 2.98. The second kappa shape index (κ2) is 4.44. The van der Waals surface area contributed by atoms with E-state index in [1.54, 1.807) is 13.0 Å². The number of aliphatic hydroxyl groups is 2. The lowest BCUT2D eigenvalue weighted by Crippen LogP contribution is -2.33. The first-order chi connectivity index (χ1) is 8.33. The Labute approximate surface area is 109 Å². The van der Waals surface area contributed by atoms with Crippen LogP contribution in [0.5, 0.6) is 0 Å². The van der Waals surface area contributed by atoms with E-state index in [4.69, 9.17) is 5.11 Å². The van der Waals surface area contributed by atoms with E-state index in [0.717, 1.165) is 0 Å². The van der Waals surface area contributed by atoms with Gasteiger partial charge in [-0.25, -0.2) is 4.79 Å². The second-order valence-corrected chi connectivity index (χ2v) is 5.73. The highest BCUT2D eigenvalue weighted by molar-refractivity contribution is 8.14. The van der Waals surface area contributed by atoms with Gasteiger partial charge < -0.3 is 15.3 Å². The van der Waals surface area contributed by atoms with Crippen molar-refractivity contribution in [3.63, 3.8) is 0 Å². The van der Waals surface area contributed by atoms with Crippen LogP contribution in [0.25, 0.3) is 0 Å². The molecule has 1 aliphatic carbocycles. The lowest BCUT2D eigenvalue weighted by atomic mass is 9.94. The minimum atomic E-state index is -1.14. The van der Waals surface area contributed by atoms with Crippen molar-refractivity contribution in [1.82, 2.24) is 0 Å². The first-order valence-electron chi connectivity index (χ1n) is 5.61. The Kier molecular flexibility index (Phi) is 3.25. The van der Waals surface area contributed by atoms with E-state index in [2.05, 4.69) is 4.99 Å². The van der Waals surface area contributed by atoms with E-state index in [0.29, 0.717) is 16.4 Å². The molecule has 0 amide bonds. The Morgan fingerprint density at radius 3 is 2.78 bits per heavy atom. The highest BCUT2D eigenvalue weighted by atomic mass is 32.2. The number of thioether (sulfide) groups is 1. The molecule has 0 bridgehead atoms. The molecule has 18 heavy (non-hydrogen) atoms. The lowest BCUT2D eigenvalue weighted by Gasteiger charge is -2.20. The summed E-state index contributed by atoms with van der Waals surface area (Å²) in [6.07, 6.45) is 2.37. The highest BCUT2D eigenvalue weighted by Gasteiger charge is 2.40. The maximum atomic E-state index is 11.1. The molecule has 0 saturated heterocycles. The topological polar surface area (TPSA) is 90.1 Å². The fraction of sp³-hybridized carbons (Fsp3) is 0.500. The number of nitrogens with zero attached hydrogens (tertiary/aromatic N) is 1. The molecule has 0 aromatic rings. The number of rotatable bonds is 2. The maximum Gasteiger partial charge on any atom is 0.332 e. The Morgan fingerprint density at radius 1 is 1.56 bits per heavy atom. The average Bonchev–Trinajstić information content (AvgIpc) is 2.68. The van der Waals surface area contributed by atoms with E-state index in [1.807, 2.05) is 6.92 Å². The zero-order chi connectivity index (χ0) is 13.5. The summed E-state index contributed by atoms with van der Waals surface area (Å²) in [5.41, 5.74) is -0.622. The molecule has 0 fully saturated rings. The number of allylic oxidation sites excluding steroid dienone is 1. The standard InChI is InChI=1S/C12H15NO4S/c1-6-3-7(9(15)4-8(6)14)10-13-12(2,5-18-10)11(16)17/h3-4,6,8,14-15H,5H2,1-2H3,(H,16,17)/t6?,8?,12-/m1/s1. The second-order valence-electron chi connectivity index (χ2n) is 4.77. The molecule has 2 unspecified atom stereocenters. The molecule has 6 heteroatoms. The fourth-order valence-electron chi connectivity index (χ4n) is 1.78. The van der Waals surface area contributed by atoms with Gasteiger partial charge in [-0.2, -0.15) is 0 Å². The van der Waals surface area contributed by atoms with Crippen LogP contribution in [0.15, 0.2) is 28.5 Å². The third kappa shape index (κ3) is 2.18. The predicted molar refractivity (Wildman–Crippen MR) is 69.9 cm³/mol. The molecule has 5 nitrogen and oxygen atoms in total. The third-order valence-electron chi connectivity index (χ3n) is 3.10. The number of carboxylic acids is 1. The molecule has 0 aromatic carbocycles. The summed E-state index contributed by atoms with van der Waals surface area (Å²) < 4.78 is 0. The normalized spacial score (nSPS) is 35.8. The molecule has 3 N–H and O–H groups in total. The quantitative estimate of drug-likeness (QED) is 0.704. The van der Waals surface area contributed by atoms with Crippen LogP contribution in [-0.2, 0) is 4.79 Å².